The average molecular weight is 287 g/mol. The molecule has 0 aromatic carbocycles. The second-order valence-corrected chi connectivity index (χ2v) is 7.38. The number of rotatable bonds is 3. The van der Waals surface area contributed by atoms with Crippen molar-refractivity contribution < 1.29 is 0 Å². The van der Waals surface area contributed by atoms with Crippen LogP contribution in [-0.2, 0) is 0 Å². The van der Waals surface area contributed by atoms with Crippen molar-refractivity contribution in [3.8, 4) is 0 Å². The van der Waals surface area contributed by atoms with Gasteiger partial charge in [-0.15, -0.1) is 0 Å². The van der Waals surface area contributed by atoms with Gasteiger partial charge in [-0.25, -0.2) is 0 Å². The van der Waals surface area contributed by atoms with Crippen LogP contribution >= 0.6 is 15.9 Å². The second kappa shape index (κ2) is 6.42. The Hall–Kier alpha value is 0.480. The van der Waals surface area contributed by atoms with Crippen LogP contribution < -0.4 is 0 Å². The van der Waals surface area contributed by atoms with Gasteiger partial charge in [0.1, 0.15) is 0 Å². The third kappa shape index (κ3) is 3.48. The van der Waals surface area contributed by atoms with E-state index in [1.54, 1.807) is 12.8 Å². The minimum absolute atomic E-state index is 0.834. The van der Waals surface area contributed by atoms with Crippen LogP contribution in [0.2, 0.25) is 0 Å². The minimum Gasteiger partial charge on any atom is -0.0891 e. The Balaban J connectivity index is 1.72. The van der Waals surface area contributed by atoms with Crippen molar-refractivity contribution in [3.05, 3.63) is 0 Å². The van der Waals surface area contributed by atoms with Crippen molar-refractivity contribution in [2.24, 2.45) is 17.8 Å². The molecular weight excluding hydrogens is 260 g/mol. The molecule has 0 atom stereocenters. The lowest BCUT2D eigenvalue weighted by molar-refractivity contribution is 0.165. The summed E-state index contributed by atoms with van der Waals surface area (Å²) in [4.78, 5) is 0.834. The van der Waals surface area contributed by atoms with Gasteiger partial charge in [0.15, 0.2) is 0 Å². The van der Waals surface area contributed by atoms with Gasteiger partial charge < -0.3 is 0 Å². The van der Waals surface area contributed by atoms with Gasteiger partial charge in [0.05, 0.1) is 0 Å². The Morgan fingerprint density at radius 3 is 1.81 bits per heavy atom. The summed E-state index contributed by atoms with van der Waals surface area (Å²) in [6, 6.07) is 0. The van der Waals surface area contributed by atoms with Crippen LogP contribution in [-0.4, -0.2) is 4.83 Å². The van der Waals surface area contributed by atoms with E-state index < -0.39 is 0 Å². The van der Waals surface area contributed by atoms with Crippen molar-refractivity contribution in [1.29, 1.82) is 0 Å². The maximum absolute atomic E-state index is 3.77. The van der Waals surface area contributed by atoms with Gasteiger partial charge in [0, 0.05) is 4.83 Å². The van der Waals surface area contributed by atoms with Crippen LogP contribution in [0.3, 0.4) is 0 Å². The normalized spacial score (nSPS) is 40.9. The fourth-order valence-electron chi connectivity index (χ4n) is 3.91. The summed E-state index contributed by atoms with van der Waals surface area (Å²) in [5, 5.41) is 0. The van der Waals surface area contributed by atoms with E-state index in [2.05, 4.69) is 22.9 Å². The third-order valence-corrected chi connectivity index (χ3v) is 5.87. The predicted molar refractivity (Wildman–Crippen MR) is 75.0 cm³/mol. The molecule has 0 bridgehead atoms. The molecule has 2 aliphatic rings. The Bertz CT molecular complexity index is 186. The largest absolute Gasteiger partial charge is 0.0891 e. The molecule has 0 nitrogen and oxygen atoms in total. The SMILES string of the molecule is CCCC1CCC([C@H]2CC[C@H](Br)CC2)CC1. The molecule has 0 radical (unpaired) electrons. The number of hydrogen-bond donors (Lipinski definition) is 0. The van der Waals surface area contributed by atoms with E-state index in [0.29, 0.717) is 0 Å². The molecule has 0 spiro atoms. The first-order chi connectivity index (χ1) is 7.79. The van der Waals surface area contributed by atoms with E-state index in [-0.39, 0.29) is 0 Å². The summed E-state index contributed by atoms with van der Waals surface area (Å²) < 4.78 is 0. The molecule has 0 amide bonds. The Morgan fingerprint density at radius 2 is 1.31 bits per heavy atom. The van der Waals surface area contributed by atoms with Gasteiger partial charge >= 0.3 is 0 Å². The molecule has 0 unspecified atom stereocenters. The minimum atomic E-state index is 0.834. The number of alkyl halides is 1. The maximum Gasteiger partial charge on any atom is 0.0146 e. The van der Waals surface area contributed by atoms with Crippen molar-refractivity contribution in [1.82, 2.24) is 0 Å². The summed E-state index contributed by atoms with van der Waals surface area (Å²) in [5.41, 5.74) is 0. The molecule has 94 valence electrons. The third-order valence-electron chi connectivity index (χ3n) is 4.96. The lowest BCUT2D eigenvalue weighted by atomic mass is 9.70. The standard InChI is InChI=1S/C15H27Br/c1-2-3-12-4-6-13(7-5-12)14-8-10-15(16)11-9-14/h12-15H,2-11H2,1H3/t12?,13?,14-,15-. The number of hydrogen-bond acceptors (Lipinski definition) is 0. The van der Waals surface area contributed by atoms with Gasteiger partial charge in [-0.2, -0.15) is 0 Å². The van der Waals surface area contributed by atoms with E-state index in [1.807, 2.05) is 0 Å². The Labute approximate surface area is 110 Å². The van der Waals surface area contributed by atoms with Gasteiger partial charge in [-0.1, -0.05) is 48.5 Å². The summed E-state index contributed by atoms with van der Waals surface area (Å²) in [5.74, 6) is 3.25. The van der Waals surface area contributed by atoms with Crippen molar-refractivity contribution in [2.75, 3.05) is 0 Å². The highest BCUT2D eigenvalue weighted by Crippen LogP contribution is 2.41. The number of halogens is 1. The first-order valence-corrected chi connectivity index (χ1v) is 8.35. The Kier molecular flexibility index (Phi) is 5.19. The summed E-state index contributed by atoms with van der Waals surface area (Å²) in [6.45, 7) is 2.34. The molecule has 0 N–H and O–H groups in total. The smallest absolute Gasteiger partial charge is 0.0146 e. The summed E-state index contributed by atoms with van der Waals surface area (Å²) in [6.07, 6.45) is 14.9. The van der Waals surface area contributed by atoms with E-state index in [0.717, 1.165) is 22.6 Å². The van der Waals surface area contributed by atoms with Crippen LogP contribution in [0.4, 0.5) is 0 Å². The lowest BCUT2D eigenvalue weighted by Crippen LogP contribution is -2.25. The zero-order valence-corrected chi connectivity index (χ0v) is 12.3. The molecule has 0 heterocycles. The lowest BCUT2D eigenvalue weighted by Gasteiger charge is -2.36. The fourth-order valence-corrected chi connectivity index (χ4v) is 4.44. The van der Waals surface area contributed by atoms with Crippen molar-refractivity contribution in [3.63, 3.8) is 0 Å². The molecule has 0 aromatic heterocycles. The highest BCUT2D eigenvalue weighted by atomic mass is 79.9. The first kappa shape index (κ1) is 12.9. The highest BCUT2D eigenvalue weighted by molar-refractivity contribution is 9.09. The quantitative estimate of drug-likeness (QED) is 0.597. The van der Waals surface area contributed by atoms with E-state index in [4.69, 9.17) is 0 Å². The van der Waals surface area contributed by atoms with Gasteiger partial charge in [-0.3, -0.25) is 0 Å². The Morgan fingerprint density at radius 1 is 0.812 bits per heavy atom. The van der Waals surface area contributed by atoms with Crippen molar-refractivity contribution in [2.45, 2.75) is 76.0 Å². The molecule has 16 heavy (non-hydrogen) atoms. The van der Waals surface area contributed by atoms with Crippen LogP contribution in [0.25, 0.3) is 0 Å². The molecule has 2 rings (SSSR count). The fraction of sp³-hybridized carbons (Fsp3) is 1.00. The molecule has 0 aliphatic heterocycles. The summed E-state index contributed by atoms with van der Waals surface area (Å²) in [7, 11) is 0. The first-order valence-electron chi connectivity index (χ1n) is 7.43. The summed E-state index contributed by atoms with van der Waals surface area (Å²) >= 11 is 3.77. The van der Waals surface area contributed by atoms with Crippen molar-refractivity contribution >= 4 is 15.9 Å². The van der Waals surface area contributed by atoms with E-state index in [9.17, 15) is 0 Å². The zero-order valence-electron chi connectivity index (χ0n) is 10.8. The van der Waals surface area contributed by atoms with E-state index in [1.165, 1.54) is 51.4 Å². The predicted octanol–water partition coefficient (Wildman–Crippen LogP) is 5.55. The van der Waals surface area contributed by atoms with Gasteiger partial charge in [-0.05, 0) is 56.3 Å². The van der Waals surface area contributed by atoms with Crippen LogP contribution in [0.15, 0.2) is 0 Å². The topological polar surface area (TPSA) is 0 Å². The molecule has 2 aliphatic carbocycles. The highest BCUT2D eigenvalue weighted by Gasteiger charge is 2.29. The zero-order chi connectivity index (χ0) is 11.4. The second-order valence-electron chi connectivity index (χ2n) is 6.08. The molecule has 0 aromatic rings. The molecule has 2 saturated carbocycles. The molecule has 2 fully saturated rings. The molecule has 0 saturated heterocycles. The maximum atomic E-state index is 3.77. The molecule has 1 heteroatoms. The van der Waals surface area contributed by atoms with Crippen LogP contribution in [0.5, 0.6) is 0 Å². The van der Waals surface area contributed by atoms with Crippen LogP contribution in [0, 0.1) is 17.8 Å². The van der Waals surface area contributed by atoms with Gasteiger partial charge in [0.25, 0.3) is 0 Å². The van der Waals surface area contributed by atoms with Gasteiger partial charge in [0.2, 0.25) is 0 Å². The average Bonchev–Trinajstić information content (AvgIpc) is 2.32. The van der Waals surface area contributed by atoms with E-state index >= 15 is 0 Å². The monoisotopic (exact) mass is 286 g/mol. The van der Waals surface area contributed by atoms with Crippen LogP contribution in [0.1, 0.15) is 71.1 Å². The molecular formula is C15H27Br.